The molecule has 114 valence electrons. The number of hydrogen-bond acceptors (Lipinski definition) is 3. The molecule has 0 saturated carbocycles. The Morgan fingerprint density at radius 1 is 1.18 bits per heavy atom. The summed E-state index contributed by atoms with van der Waals surface area (Å²) in [5, 5.41) is 9.62. The first-order valence-electron chi connectivity index (χ1n) is 7.50. The predicted octanol–water partition coefficient (Wildman–Crippen LogP) is 3.28. The Hall–Kier alpha value is -2.33. The molecule has 0 radical (unpaired) electrons. The molecule has 1 heterocycles. The normalized spacial score (nSPS) is 11.0. The number of aromatic nitrogens is 2. The fourth-order valence-electron chi connectivity index (χ4n) is 2.67. The number of nitrogens with zero attached hydrogens (tertiary/aromatic N) is 2. The Balaban J connectivity index is 2.06. The second-order valence-corrected chi connectivity index (χ2v) is 5.28. The van der Waals surface area contributed by atoms with Crippen molar-refractivity contribution in [3.63, 3.8) is 0 Å². The Labute approximate surface area is 130 Å². The lowest BCUT2D eigenvalue weighted by molar-refractivity contribution is 0.267. The van der Waals surface area contributed by atoms with E-state index >= 15 is 0 Å². The number of rotatable bonds is 5. The highest BCUT2D eigenvalue weighted by Crippen LogP contribution is 2.23. The van der Waals surface area contributed by atoms with E-state index in [1.807, 2.05) is 37.3 Å². The van der Waals surface area contributed by atoms with Gasteiger partial charge in [-0.25, -0.2) is 4.98 Å². The zero-order valence-corrected chi connectivity index (χ0v) is 12.9. The minimum atomic E-state index is -0.0788. The third-order valence-corrected chi connectivity index (χ3v) is 3.84. The minimum absolute atomic E-state index is 0.0788. The second-order valence-electron chi connectivity index (χ2n) is 5.28. The Bertz CT molecular complexity index is 793. The first kappa shape index (κ1) is 14.6. The standard InChI is InChI=1S/C18H20N2O2/c1-3-22-15-8-9-17-16(10-15)19-18(12-21)20(17)11-14-7-5-4-6-13(14)2/h4-10,21H,3,11-12H2,1-2H3. The SMILES string of the molecule is CCOc1ccc2c(c1)nc(CO)n2Cc1ccccc1C. The molecule has 0 saturated heterocycles. The van der Waals surface area contributed by atoms with E-state index in [1.165, 1.54) is 11.1 Å². The number of aliphatic hydroxyl groups excluding tert-OH is 1. The summed E-state index contributed by atoms with van der Waals surface area (Å²) in [6.45, 7) is 5.31. The molecule has 0 atom stereocenters. The number of fused-ring (bicyclic) bond motifs is 1. The monoisotopic (exact) mass is 296 g/mol. The topological polar surface area (TPSA) is 47.3 Å². The fourth-order valence-corrected chi connectivity index (χ4v) is 2.67. The van der Waals surface area contributed by atoms with Gasteiger partial charge in [-0.15, -0.1) is 0 Å². The number of benzene rings is 2. The summed E-state index contributed by atoms with van der Waals surface area (Å²) < 4.78 is 7.59. The molecule has 0 spiro atoms. The zero-order valence-electron chi connectivity index (χ0n) is 12.9. The number of aryl methyl sites for hydroxylation is 1. The average molecular weight is 296 g/mol. The van der Waals surface area contributed by atoms with Crippen LogP contribution >= 0.6 is 0 Å². The van der Waals surface area contributed by atoms with Crippen LogP contribution in [-0.2, 0) is 13.2 Å². The van der Waals surface area contributed by atoms with E-state index in [0.29, 0.717) is 19.0 Å². The van der Waals surface area contributed by atoms with Gasteiger partial charge >= 0.3 is 0 Å². The largest absolute Gasteiger partial charge is 0.494 e. The quantitative estimate of drug-likeness (QED) is 0.786. The van der Waals surface area contributed by atoms with E-state index in [0.717, 1.165) is 16.8 Å². The van der Waals surface area contributed by atoms with Crippen LogP contribution in [-0.4, -0.2) is 21.3 Å². The van der Waals surface area contributed by atoms with Gasteiger partial charge in [0.1, 0.15) is 18.2 Å². The highest BCUT2D eigenvalue weighted by molar-refractivity contribution is 5.78. The molecule has 3 aromatic rings. The summed E-state index contributed by atoms with van der Waals surface area (Å²) in [6.07, 6.45) is 0. The lowest BCUT2D eigenvalue weighted by Gasteiger charge is -2.10. The molecule has 1 aromatic heterocycles. The molecule has 2 aromatic carbocycles. The highest BCUT2D eigenvalue weighted by Gasteiger charge is 2.12. The molecule has 0 unspecified atom stereocenters. The van der Waals surface area contributed by atoms with Crippen LogP contribution in [0, 0.1) is 6.92 Å². The lowest BCUT2D eigenvalue weighted by Crippen LogP contribution is -2.06. The van der Waals surface area contributed by atoms with E-state index in [9.17, 15) is 5.11 Å². The molecule has 0 aliphatic carbocycles. The van der Waals surface area contributed by atoms with Crippen molar-refractivity contribution in [1.82, 2.24) is 9.55 Å². The van der Waals surface area contributed by atoms with Crippen LogP contribution in [0.25, 0.3) is 11.0 Å². The van der Waals surface area contributed by atoms with Gasteiger partial charge in [0.2, 0.25) is 0 Å². The van der Waals surface area contributed by atoms with E-state index in [2.05, 4.69) is 28.6 Å². The summed E-state index contributed by atoms with van der Waals surface area (Å²) in [4.78, 5) is 4.53. The number of imidazole rings is 1. The molecule has 0 aliphatic heterocycles. The van der Waals surface area contributed by atoms with Crippen LogP contribution in [0.2, 0.25) is 0 Å². The smallest absolute Gasteiger partial charge is 0.136 e. The van der Waals surface area contributed by atoms with Gasteiger partial charge in [0, 0.05) is 12.6 Å². The third kappa shape index (κ3) is 2.70. The molecule has 4 nitrogen and oxygen atoms in total. The first-order valence-corrected chi connectivity index (χ1v) is 7.50. The molecular weight excluding hydrogens is 276 g/mol. The van der Waals surface area contributed by atoms with Gasteiger partial charge in [-0.1, -0.05) is 24.3 Å². The van der Waals surface area contributed by atoms with Crippen molar-refractivity contribution < 1.29 is 9.84 Å². The molecule has 0 aliphatic rings. The fraction of sp³-hybridized carbons (Fsp3) is 0.278. The summed E-state index contributed by atoms with van der Waals surface area (Å²) in [6, 6.07) is 14.1. The maximum absolute atomic E-state index is 9.62. The van der Waals surface area contributed by atoms with Crippen molar-refractivity contribution >= 4 is 11.0 Å². The van der Waals surface area contributed by atoms with Gasteiger partial charge in [0.05, 0.1) is 17.6 Å². The molecular formula is C18H20N2O2. The van der Waals surface area contributed by atoms with Gasteiger partial charge in [-0.3, -0.25) is 0 Å². The van der Waals surface area contributed by atoms with Gasteiger partial charge < -0.3 is 14.4 Å². The van der Waals surface area contributed by atoms with E-state index in [4.69, 9.17) is 4.74 Å². The zero-order chi connectivity index (χ0) is 15.5. The van der Waals surface area contributed by atoms with Crippen molar-refractivity contribution in [1.29, 1.82) is 0 Å². The number of ether oxygens (including phenoxy) is 1. The lowest BCUT2D eigenvalue weighted by atomic mass is 10.1. The van der Waals surface area contributed by atoms with Crippen LogP contribution < -0.4 is 4.74 Å². The van der Waals surface area contributed by atoms with Gasteiger partial charge in [0.15, 0.2) is 0 Å². The Morgan fingerprint density at radius 3 is 2.73 bits per heavy atom. The maximum atomic E-state index is 9.62. The van der Waals surface area contributed by atoms with E-state index in [-0.39, 0.29) is 6.61 Å². The summed E-state index contributed by atoms with van der Waals surface area (Å²) in [5.41, 5.74) is 4.32. The van der Waals surface area contributed by atoms with E-state index < -0.39 is 0 Å². The summed E-state index contributed by atoms with van der Waals surface area (Å²) in [7, 11) is 0. The van der Waals surface area contributed by atoms with E-state index in [1.54, 1.807) is 0 Å². The minimum Gasteiger partial charge on any atom is -0.494 e. The molecule has 0 fully saturated rings. The molecule has 0 amide bonds. The van der Waals surface area contributed by atoms with Crippen LogP contribution in [0.1, 0.15) is 23.9 Å². The second kappa shape index (κ2) is 6.20. The predicted molar refractivity (Wildman–Crippen MR) is 87.1 cm³/mol. The van der Waals surface area contributed by atoms with Gasteiger partial charge in [-0.05, 0) is 37.1 Å². The molecule has 1 N–H and O–H groups in total. The maximum Gasteiger partial charge on any atom is 0.136 e. The summed E-state index contributed by atoms with van der Waals surface area (Å²) >= 11 is 0. The molecule has 22 heavy (non-hydrogen) atoms. The number of aliphatic hydroxyl groups is 1. The first-order chi connectivity index (χ1) is 10.7. The molecule has 3 rings (SSSR count). The van der Waals surface area contributed by atoms with Gasteiger partial charge in [0.25, 0.3) is 0 Å². The van der Waals surface area contributed by atoms with Crippen molar-refractivity contribution in [2.45, 2.75) is 27.0 Å². The third-order valence-electron chi connectivity index (χ3n) is 3.84. The van der Waals surface area contributed by atoms with Crippen LogP contribution in [0.15, 0.2) is 42.5 Å². The van der Waals surface area contributed by atoms with Crippen LogP contribution in [0.3, 0.4) is 0 Å². The van der Waals surface area contributed by atoms with Crippen molar-refractivity contribution in [2.24, 2.45) is 0 Å². The van der Waals surface area contributed by atoms with Crippen molar-refractivity contribution in [2.75, 3.05) is 6.61 Å². The van der Waals surface area contributed by atoms with Crippen LogP contribution in [0.5, 0.6) is 5.75 Å². The average Bonchev–Trinajstić information content (AvgIpc) is 2.87. The highest BCUT2D eigenvalue weighted by atomic mass is 16.5. The Morgan fingerprint density at radius 2 is 2.00 bits per heavy atom. The molecule has 0 bridgehead atoms. The van der Waals surface area contributed by atoms with Gasteiger partial charge in [-0.2, -0.15) is 0 Å². The summed E-state index contributed by atoms with van der Waals surface area (Å²) in [5.74, 6) is 1.48. The number of hydrogen-bond donors (Lipinski definition) is 1. The molecule has 4 heteroatoms. The van der Waals surface area contributed by atoms with Crippen LogP contribution in [0.4, 0.5) is 0 Å². The Kier molecular flexibility index (Phi) is 4.11. The van der Waals surface area contributed by atoms with Crippen molar-refractivity contribution in [3.8, 4) is 5.75 Å². The van der Waals surface area contributed by atoms with Crippen molar-refractivity contribution in [3.05, 3.63) is 59.4 Å².